The molecule has 1 aliphatic rings. The Morgan fingerprint density at radius 2 is 2.20 bits per heavy atom. The van der Waals surface area contributed by atoms with Gasteiger partial charge in [-0.15, -0.1) is 0 Å². The van der Waals surface area contributed by atoms with E-state index >= 15 is 0 Å². The molecular weight excluding hydrogens is 324 g/mol. The third-order valence-corrected chi connectivity index (χ3v) is 3.85. The van der Waals surface area contributed by atoms with Gasteiger partial charge in [0.1, 0.15) is 18.7 Å². The average molecular weight is 340 g/mol. The number of piperidine rings is 1. The maximum atomic E-state index is 12.4. The van der Waals surface area contributed by atoms with E-state index < -0.39 is 0 Å². The highest BCUT2D eigenvalue weighted by Crippen LogP contribution is 2.18. The number of hydrogen-bond donors (Lipinski definition) is 0. The summed E-state index contributed by atoms with van der Waals surface area (Å²) in [6.45, 7) is 0.842. The molecule has 2 aromatic rings. The van der Waals surface area contributed by atoms with Gasteiger partial charge in [-0.3, -0.25) is 9.59 Å². The summed E-state index contributed by atoms with van der Waals surface area (Å²) in [4.78, 5) is 33.7. The van der Waals surface area contributed by atoms with Crippen LogP contribution in [0.3, 0.4) is 0 Å². The standard InChI is InChI=1S/C16H16N6O3/c17-9-13-16(19-7-6-18-13)25-12-3-2-8-21(10-12)15(24)11-22-14(23)4-1-5-20-22/h1,4-7,12H,2-3,8,10-11H2/t12-/m1/s1. The Morgan fingerprint density at radius 3 is 3.00 bits per heavy atom. The van der Waals surface area contributed by atoms with Crippen LogP contribution in [0.1, 0.15) is 18.5 Å². The number of carbonyl (C=O) groups is 1. The maximum absolute atomic E-state index is 12.4. The van der Waals surface area contributed by atoms with Crippen molar-refractivity contribution in [2.45, 2.75) is 25.5 Å². The molecule has 0 spiro atoms. The van der Waals surface area contributed by atoms with Crippen molar-refractivity contribution in [3.05, 3.63) is 46.8 Å². The van der Waals surface area contributed by atoms with Crippen LogP contribution in [0.2, 0.25) is 0 Å². The molecule has 128 valence electrons. The quantitative estimate of drug-likeness (QED) is 0.768. The first kappa shape index (κ1) is 16.6. The normalized spacial score (nSPS) is 16.9. The summed E-state index contributed by atoms with van der Waals surface area (Å²) < 4.78 is 6.89. The van der Waals surface area contributed by atoms with Crippen molar-refractivity contribution in [3.8, 4) is 11.9 Å². The first-order valence-electron chi connectivity index (χ1n) is 7.85. The van der Waals surface area contributed by atoms with E-state index in [0.717, 1.165) is 17.5 Å². The van der Waals surface area contributed by atoms with Gasteiger partial charge in [0.05, 0.1) is 6.54 Å². The summed E-state index contributed by atoms with van der Waals surface area (Å²) in [5.74, 6) is -0.0287. The van der Waals surface area contributed by atoms with Crippen LogP contribution in [0.5, 0.6) is 5.88 Å². The summed E-state index contributed by atoms with van der Waals surface area (Å²) in [6.07, 6.45) is 5.57. The van der Waals surface area contributed by atoms with Crippen molar-refractivity contribution in [2.24, 2.45) is 0 Å². The van der Waals surface area contributed by atoms with Crippen LogP contribution in [0.15, 0.2) is 35.5 Å². The van der Waals surface area contributed by atoms with E-state index in [1.54, 1.807) is 4.90 Å². The third kappa shape index (κ3) is 3.98. The number of nitriles is 1. The van der Waals surface area contributed by atoms with E-state index in [1.165, 1.54) is 30.7 Å². The first-order chi connectivity index (χ1) is 12.2. The van der Waals surface area contributed by atoms with Crippen molar-refractivity contribution in [1.29, 1.82) is 5.26 Å². The van der Waals surface area contributed by atoms with E-state index in [0.29, 0.717) is 13.1 Å². The molecule has 3 heterocycles. The number of carbonyl (C=O) groups excluding carboxylic acids is 1. The molecule has 1 aliphatic heterocycles. The Labute approximate surface area is 143 Å². The van der Waals surface area contributed by atoms with E-state index in [-0.39, 0.29) is 35.7 Å². The van der Waals surface area contributed by atoms with Gasteiger partial charge in [0, 0.05) is 31.2 Å². The second-order valence-corrected chi connectivity index (χ2v) is 5.56. The Kier molecular flexibility index (Phi) is 4.99. The van der Waals surface area contributed by atoms with Gasteiger partial charge in [0.2, 0.25) is 11.6 Å². The third-order valence-electron chi connectivity index (χ3n) is 3.85. The lowest BCUT2D eigenvalue weighted by atomic mass is 10.1. The molecule has 0 N–H and O–H groups in total. The summed E-state index contributed by atoms with van der Waals surface area (Å²) in [5, 5.41) is 12.9. The van der Waals surface area contributed by atoms with Gasteiger partial charge in [-0.25, -0.2) is 14.6 Å². The van der Waals surface area contributed by atoms with E-state index in [2.05, 4.69) is 15.1 Å². The monoisotopic (exact) mass is 340 g/mol. The summed E-state index contributed by atoms with van der Waals surface area (Å²) in [7, 11) is 0. The molecule has 0 aliphatic carbocycles. The fourth-order valence-electron chi connectivity index (χ4n) is 2.64. The Bertz CT molecular complexity index is 859. The Hall–Kier alpha value is -3.28. The summed E-state index contributed by atoms with van der Waals surface area (Å²) >= 11 is 0. The van der Waals surface area contributed by atoms with Crippen molar-refractivity contribution >= 4 is 5.91 Å². The fourth-order valence-corrected chi connectivity index (χ4v) is 2.64. The van der Waals surface area contributed by atoms with E-state index in [1.807, 2.05) is 6.07 Å². The van der Waals surface area contributed by atoms with Crippen LogP contribution in [0.25, 0.3) is 0 Å². The Balaban J connectivity index is 1.65. The molecule has 2 aromatic heterocycles. The van der Waals surface area contributed by atoms with Crippen LogP contribution >= 0.6 is 0 Å². The Morgan fingerprint density at radius 1 is 1.36 bits per heavy atom. The zero-order valence-corrected chi connectivity index (χ0v) is 13.4. The van der Waals surface area contributed by atoms with Crippen LogP contribution in [-0.2, 0) is 11.3 Å². The molecule has 1 amide bonds. The number of hydrogen-bond acceptors (Lipinski definition) is 7. The molecule has 9 nitrogen and oxygen atoms in total. The number of ether oxygens (including phenoxy) is 1. The van der Waals surface area contributed by atoms with Gasteiger partial charge >= 0.3 is 0 Å². The van der Waals surface area contributed by atoms with Crippen LogP contribution in [0, 0.1) is 11.3 Å². The molecular formula is C16H16N6O3. The van der Waals surface area contributed by atoms with Crippen LogP contribution < -0.4 is 10.3 Å². The molecule has 3 rings (SSSR count). The minimum Gasteiger partial charge on any atom is -0.470 e. The van der Waals surface area contributed by atoms with Crippen molar-refractivity contribution in [3.63, 3.8) is 0 Å². The smallest absolute Gasteiger partial charge is 0.267 e. The summed E-state index contributed by atoms with van der Waals surface area (Å²) in [6, 6.07) is 4.82. The molecule has 1 saturated heterocycles. The minimum atomic E-state index is -0.320. The average Bonchev–Trinajstić information content (AvgIpc) is 2.64. The molecule has 0 aromatic carbocycles. The van der Waals surface area contributed by atoms with Gasteiger partial charge in [-0.2, -0.15) is 10.4 Å². The lowest BCUT2D eigenvalue weighted by Gasteiger charge is -2.32. The zero-order chi connectivity index (χ0) is 17.6. The number of rotatable bonds is 4. The number of aromatic nitrogens is 4. The highest BCUT2D eigenvalue weighted by Gasteiger charge is 2.26. The topological polar surface area (TPSA) is 114 Å². The number of nitrogens with zero attached hydrogens (tertiary/aromatic N) is 6. The SMILES string of the molecule is N#Cc1nccnc1O[C@@H]1CCCN(C(=O)Cn2ncccc2=O)C1. The second kappa shape index (κ2) is 7.53. The van der Waals surface area contributed by atoms with E-state index in [9.17, 15) is 9.59 Å². The van der Waals surface area contributed by atoms with Gasteiger partial charge in [-0.1, -0.05) is 0 Å². The van der Waals surface area contributed by atoms with Crippen LogP contribution in [-0.4, -0.2) is 49.7 Å². The second-order valence-electron chi connectivity index (χ2n) is 5.56. The molecule has 0 bridgehead atoms. The molecule has 0 unspecified atom stereocenters. The molecule has 0 saturated carbocycles. The predicted molar refractivity (Wildman–Crippen MR) is 85.5 cm³/mol. The predicted octanol–water partition coefficient (Wildman–Crippen LogP) is -0.0250. The van der Waals surface area contributed by atoms with Crippen LogP contribution in [0.4, 0.5) is 0 Å². The van der Waals surface area contributed by atoms with Crippen molar-refractivity contribution in [1.82, 2.24) is 24.6 Å². The molecule has 25 heavy (non-hydrogen) atoms. The van der Waals surface area contributed by atoms with Crippen molar-refractivity contribution < 1.29 is 9.53 Å². The molecule has 1 atom stereocenters. The fraction of sp³-hybridized carbons (Fsp3) is 0.375. The lowest BCUT2D eigenvalue weighted by molar-refractivity contribution is -0.134. The first-order valence-corrected chi connectivity index (χ1v) is 7.85. The molecule has 1 fully saturated rings. The number of likely N-dealkylation sites (tertiary alicyclic amines) is 1. The van der Waals surface area contributed by atoms with Gasteiger partial charge < -0.3 is 9.64 Å². The molecule has 0 radical (unpaired) electrons. The zero-order valence-electron chi connectivity index (χ0n) is 13.4. The van der Waals surface area contributed by atoms with E-state index in [4.69, 9.17) is 10.00 Å². The van der Waals surface area contributed by atoms with Crippen molar-refractivity contribution in [2.75, 3.05) is 13.1 Å². The molecule has 9 heteroatoms. The highest BCUT2D eigenvalue weighted by atomic mass is 16.5. The van der Waals surface area contributed by atoms with Gasteiger partial charge in [0.25, 0.3) is 11.4 Å². The van der Waals surface area contributed by atoms with Gasteiger partial charge in [0.15, 0.2) is 0 Å². The lowest BCUT2D eigenvalue weighted by Crippen LogP contribution is -2.46. The number of amides is 1. The minimum absolute atomic E-state index is 0.110. The summed E-state index contributed by atoms with van der Waals surface area (Å²) in [5.41, 5.74) is -0.204. The largest absolute Gasteiger partial charge is 0.470 e. The highest BCUT2D eigenvalue weighted by molar-refractivity contribution is 5.76. The van der Waals surface area contributed by atoms with Gasteiger partial charge in [-0.05, 0) is 18.9 Å². The maximum Gasteiger partial charge on any atom is 0.267 e.